The number of pyridine rings is 1. The van der Waals surface area contributed by atoms with Crippen molar-refractivity contribution in [3.63, 3.8) is 0 Å². The average Bonchev–Trinajstić information content (AvgIpc) is 3.50. The SMILES string of the molecule is COc1ccccc1-c1n[nH]c2ncc(-c3cccc(C(C(=O)N4CCC(O)C4)N(C)C)c3)cc12. The van der Waals surface area contributed by atoms with E-state index in [2.05, 4.69) is 21.2 Å². The molecule has 2 N–H and O–H groups in total. The van der Waals surface area contributed by atoms with E-state index in [1.807, 2.05) is 73.7 Å². The quantitative estimate of drug-likeness (QED) is 0.447. The number of fused-ring (bicyclic) bond motifs is 1. The Hall–Kier alpha value is -3.75. The molecule has 0 saturated carbocycles. The summed E-state index contributed by atoms with van der Waals surface area (Å²) < 4.78 is 5.54. The maximum atomic E-state index is 13.3. The standard InChI is InChI=1S/C27H29N5O3/c1-31(2)25(27(34)32-12-11-20(33)16-32)18-8-6-7-17(13-18)19-14-22-24(29-30-26(22)28-15-19)21-9-4-5-10-23(21)35-3/h4-10,13-15,20,25,33H,11-12,16H2,1-3H3,(H,28,29,30). The van der Waals surface area contributed by atoms with Crippen LogP contribution in [0.25, 0.3) is 33.4 Å². The lowest BCUT2D eigenvalue weighted by atomic mass is 9.98. The summed E-state index contributed by atoms with van der Waals surface area (Å²) in [6, 6.07) is 17.4. The molecular weight excluding hydrogens is 442 g/mol. The third-order valence-corrected chi connectivity index (χ3v) is 6.54. The highest BCUT2D eigenvalue weighted by molar-refractivity contribution is 5.95. The summed E-state index contributed by atoms with van der Waals surface area (Å²) in [5.41, 5.74) is 5.15. The Kier molecular flexibility index (Phi) is 6.23. The number of aliphatic hydroxyl groups is 1. The van der Waals surface area contributed by atoms with Gasteiger partial charge in [-0.25, -0.2) is 4.98 Å². The number of para-hydroxylation sites is 1. The number of aliphatic hydroxyl groups excluding tert-OH is 1. The number of aromatic amines is 1. The Morgan fingerprint density at radius 3 is 2.74 bits per heavy atom. The first-order chi connectivity index (χ1) is 17.0. The van der Waals surface area contributed by atoms with Gasteiger partial charge in [-0.2, -0.15) is 5.10 Å². The average molecular weight is 472 g/mol. The van der Waals surface area contributed by atoms with Gasteiger partial charge < -0.3 is 14.7 Å². The minimum absolute atomic E-state index is 0.00516. The van der Waals surface area contributed by atoms with Crippen LogP contribution in [0.3, 0.4) is 0 Å². The molecule has 1 fully saturated rings. The zero-order valence-corrected chi connectivity index (χ0v) is 20.1. The maximum Gasteiger partial charge on any atom is 0.244 e. The van der Waals surface area contributed by atoms with E-state index < -0.39 is 12.1 Å². The molecule has 0 aliphatic carbocycles. The van der Waals surface area contributed by atoms with E-state index >= 15 is 0 Å². The van der Waals surface area contributed by atoms with Crippen molar-refractivity contribution in [2.75, 3.05) is 34.3 Å². The van der Waals surface area contributed by atoms with Crippen LogP contribution in [-0.2, 0) is 4.79 Å². The molecule has 0 radical (unpaired) electrons. The molecule has 180 valence electrons. The van der Waals surface area contributed by atoms with Crippen molar-refractivity contribution in [2.45, 2.75) is 18.6 Å². The Bertz CT molecular complexity index is 1370. The van der Waals surface area contributed by atoms with E-state index in [9.17, 15) is 9.90 Å². The molecule has 1 saturated heterocycles. The minimum atomic E-state index is -0.446. The topological polar surface area (TPSA) is 94.6 Å². The number of likely N-dealkylation sites (tertiary alicyclic amines) is 1. The third kappa shape index (κ3) is 4.38. The highest BCUT2D eigenvalue weighted by atomic mass is 16.5. The van der Waals surface area contributed by atoms with Crippen LogP contribution in [0, 0.1) is 0 Å². The summed E-state index contributed by atoms with van der Waals surface area (Å²) in [5, 5.41) is 18.3. The number of hydrogen-bond donors (Lipinski definition) is 2. The summed E-state index contributed by atoms with van der Waals surface area (Å²) in [4.78, 5) is 21.6. The Labute approximate surface area is 204 Å². The van der Waals surface area contributed by atoms with Gasteiger partial charge in [0.15, 0.2) is 5.65 Å². The first kappa shape index (κ1) is 23.0. The van der Waals surface area contributed by atoms with Gasteiger partial charge in [-0.3, -0.25) is 14.8 Å². The lowest BCUT2D eigenvalue weighted by Gasteiger charge is -2.28. The van der Waals surface area contributed by atoms with E-state index in [0.29, 0.717) is 25.2 Å². The van der Waals surface area contributed by atoms with E-state index in [-0.39, 0.29) is 5.91 Å². The lowest BCUT2D eigenvalue weighted by Crippen LogP contribution is -2.39. The molecule has 4 aromatic rings. The highest BCUT2D eigenvalue weighted by Gasteiger charge is 2.32. The number of carbonyl (C=O) groups excluding carboxylic acids is 1. The van der Waals surface area contributed by atoms with Gasteiger partial charge in [0.1, 0.15) is 17.5 Å². The van der Waals surface area contributed by atoms with Crippen molar-refractivity contribution in [3.05, 3.63) is 66.4 Å². The zero-order chi connectivity index (χ0) is 24.5. The summed E-state index contributed by atoms with van der Waals surface area (Å²) in [7, 11) is 5.45. The molecule has 5 rings (SSSR count). The van der Waals surface area contributed by atoms with E-state index in [1.165, 1.54) is 0 Å². The summed E-state index contributed by atoms with van der Waals surface area (Å²) in [6.45, 7) is 0.965. The smallest absolute Gasteiger partial charge is 0.244 e. The number of nitrogens with zero attached hydrogens (tertiary/aromatic N) is 4. The van der Waals surface area contributed by atoms with Crippen molar-refractivity contribution in [2.24, 2.45) is 0 Å². The summed E-state index contributed by atoms with van der Waals surface area (Å²) in [6.07, 6.45) is 1.99. The number of hydrogen-bond acceptors (Lipinski definition) is 6. The van der Waals surface area contributed by atoms with E-state index in [4.69, 9.17) is 4.74 Å². The number of β-amino-alcohol motifs (C(OH)–C–C–N with tert-alkyl or cyclic N) is 1. The molecule has 1 aliphatic rings. The molecule has 35 heavy (non-hydrogen) atoms. The number of ether oxygens (including phenoxy) is 1. The predicted molar refractivity (Wildman–Crippen MR) is 135 cm³/mol. The molecular formula is C27H29N5O3. The van der Waals surface area contributed by atoms with Crippen LogP contribution in [0.4, 0.5) is 0 Å². The van der Waals surface area contributed by atoms with Crippen molar-refractivity contribution >= 4 is 16.9 Å². The molecule has 2 aromatic carbocycles. The van der Waals surface area contributed by atoms with Crippen LogP contribution in [0.15, 0.2) is 60.8 Å². The number of likely N-dealkylation sites (N-methyl/N-ethyl adjacent to an activating group) is 1. The van der Waals surface area contributed by atoms with Gasteiger partial charge in [0.2, 0.25) is 5.91 Å². The van der Waals surface area contributed by atoms with Gasteiger partial charge in [-0.15, -0.1) is 0 Å². The monoisotopic (exact) mass is 471 g/mol. The first-order valence-electron chi connectivity index (χ1n) is 11.7. The van der Waals surface area contributed by atoms with E-state index in [0.717, 1.165) is 39.1 Å². The van der Waals surface area contributed by atoms with Crippen LogP contribution < -0.4 is 4.74 Å². The van der Waals surface area contributed by atoms with Gasteiger partial charge in [0.25, 0.3) is 0 Å². The summed E-state index contributed by atoms with van der Waals surface area (Å²) in [5.74, 6) is 0.748. The Morgan fingerprint density at radius 2 is 2.00 bits per heavy atom. The van der Waals surface area contributed by atoms with Gasteiger partial charge in [-0.1, -0.05) is 30.3 Å². The predicted octanol–water partition coefficient (Wildman–Crippen LogP) is 3.50. The Balaban J connectivity index is 1.53. The van der Waals surface area contributed by atoms with Crippen LogP contribution in [0.1, 0.15) is 18.0 Å². The molecule has 2 aromatic heterocycles. The fourth-order valence-electron chi connectivity index (χ4n) is 4.77. The highest BCUT2D eigenvalue weighted by Crippen LogP contribution is 2.35. The normalized spacial score (nSPS) is 16.7. The van der Waals surface area contributed by atoms with Crippen molar-refractivity contribution < 1.29 is 14.6 Å². The maximum absolute atomic E-state index is 13.3. The second-order valence-corrected chi connectivity index (χ2v) is 9.11. The number of nitrogens with one attached hydrogen (secondary N) is 1. The largest absolute Gasteiger partial charge is 0.496 e. The number of amides is 1. The first-order valence-corrected chi connectivity index (χ1v) is 11.7. The van der Waals surface area contributed by atoms with Crippen molar-refractivity contribution in [1.29, 1.82) is 0 Å². The van der Waals surface area contributed by atoms with Gasteiger partial charge in [0.05, 0.1) is 13.2 Å². The molecule has 2 atom stereocenters. The molecule has 3 heterocycles. The molecule has 0 spiro atoms. The Morgan fingerprint density at radius 1 is 1.17 bits per heavy atom. The van der Waals surface area contributed by atoms with Gasteiger partial charge in [0, 0.05) is 35.8 Å². The third-order valence-electron chi connectivity index (χ3n) is 6.54. The van der Waals surface area contributed by atoms with Crippen molar-refractivity contribution in [1.82, 2.24) is 25.0 Å². The van der Waals surface area contributed by atoms with Crippen molar-refractivity contribution in [3.8, 4) is 28.1 Å². The molecule has 1 amide bonds. The number of benzene rings is 2. The molecule has 2 unspecified atom stereocenters. The number of H-pyrrole nitrogens is 1. The number of rotatable bonds is 6. The molecule has 8 heteroatoms. The second-order valence-electron chi connectivity index (χ2n) is 9.11. The van der Waals surface area contributed by atoms with Gasteiger partial charge >= 0.3 is 0 Å². The summed E-state index contributed by atoms with van der Waals surface area (Å²) >= 11 is 0. The van der Waals surface area contributed by atoms with Crippen LogP contribution in [-0.4, -0.2) is 76.4 Å². The number of methoxy groups -OCH3 is 1. The number of carbonyl (C=O) groups is 1. The fraction of sp³-hybridized carbons (Fsp3) is 0.296. The number of aromatic nitrogens is 3. The molecule has 1 aliphatic heterocycles. The van der Waals surface area contributed by atoms with E-state index in [1.54, 1.807) is 12.0 Å². The molecule has 0 bridgehead atoms. The van der Waals surface area contributed by atoms with Crippen LogP contribution in [0.5, 0.6) is 5.75 Å². The minimum Gasteiger partial charge on any atom is -0.496 e. The molecule has 8 nitrogen and oxygen atoms in total. The second kappa shape index (κ2) is 9.48. The van der Waals surface area contributed by atoms with Gasteiger partial charge in [-0.05, 0) is 55.9 Å². The fourth-order valence-corrected chi connectivity index (χ4v) is 4.77. The lowest BCUT2D eigenvalue weighted by molar-refractivity contribution is -0.135. The van der Waals surface area contributed by atoms with Crippen LogP contribution in [0.2, 0.25) is 0 Å². The van der Waals surface area contributed by atoms with Crippen LogP contribution >= 0.6 is 0 Å². The zero-order valence-electron chi connectivity index (χ0n) is 20.1.